The second-order valence-corrected chi connectivity index (χ2v) is 5.60. The average Bonchev–Trinajstić information content (AvgIpc) is 2.54. The number of nitrogens with two attached hydrogens (primary N) is 1. The lowest BCUT2D eigenvalue weighted by atomic mass is 10.1. The van der Waals surface area contributed by atoms with Gasteiger partial charge in [0.25, 0.3) is 0 Å². The zero-order valence-corrected chi connectivity index (χ0v) is 12.7. The monoisotopic (exact) mass is 296 g/mol. The van der Waals surface area contributed by atoms with Gasteiger partial charge in [0.15, 0.2) is 5.78 Å². The van der Waals surface area contributed by atoms with E-state index in [9.17, 15) is 4.79 Å². The van der Waals surface area contributed by atoms with Crippen LogP contribution in [0.4, 0.5) is 5.69 Å². The molecule has 1 aliphatic heterocycles. The first-order valence-corrected chi connectivity index (χ1v) is 7.50. The number of nitrogens with zero attached hydrogens (tertiary/aromatic N) is 1. The number of ether oxygens (including phenoxy) is 1. The molecule has 1 atom stereocenters. The van der Waals surface area contributed by atoms with Crippen LogP contribution in [0.15, 0.2) is 48.5 Å². The molecule has 0 radical (unpaired) electrons. The van der Waals surface area contributed by atoms with E-state index in [1.807, 2.05) is 55.5 Å². The van der Waals surface area contributed by atoms with E-state index in [0.717, 1.165) is 22.6 Å². The summed E-state index contributed by atoms with van der Waals surface area (Å²) in [7, 11) is 0. The molecule has 22 heavy (non-hydrogen) atoms. The zero-order valence-electron chi connectivity index (χ0n) is 12.7. The van der Waals surface area contributed by atoms with Gasteiger partial charge in [0, 0.05) is 12.1 Å². The molecule has 2 N–H and O–H groups in total. The Labute approximate surface area is 130 Å². The van der Waals surface area contributed by atoms with Gasteiger partial charge in [-0.1, -0.05) is 36.4 Å². The highest BCUT2D eigenvalue weighted by molar-refractivity contribution is 5.99. The normalized spacial score (nSPS) is 16.8. The third-order valence-electron chi connectivity index (χ3n) is 3.84. The fourth-order valence-electron chi connectivity index (χ4n) is 2.74. The molecule has 0 saturated heterocycles. The minimum Gasteiger partial charge on any atom is -0.487 e. The van der Waals surface area contributed by atoms with E-state index in [0.29, 0.717) is 19.6 Å². The predicted octanol–water partition coefficient (Wildman–Crippen LogP) is 2.62. The van der Waals surface area contributed by atoms with Crippen molar-refractivity contribution in [1.29, 1.82) is 0 Å². The van der Waals surface area contributed by atoms with Gasteiger partial charge in [-0.15, -0.1) is 0 Å². The van der Waals surface area contributed by atoms with Crippen LogP contribution in [0, 0.1) is 0 Å². The molecule has 4 nitrogen and oxygen atoms in total. The van der Waals surface area contributed by atoms with Crippen molar-refractivity contribution in [2.24, 2.45) is 5.73 Å². The SMILES string of the molecule is CC1CN(CC(=O)c2ccccc2)c2ccc(CN)cc2O1. The number of carbonyl (C=O) groups is 1. The van der Waals surface area contributed by atoms with Crippen molar-refractivity contribution < 1.29 is 9.53 Å². The molecular formula is C18H20N2O2. The van der Waals surface area contributed by atoms with E-state index in [1.165, 1.54) is 0 Å². The summed E-state index contributed by atoms with van der Waals surface area (Å²) in [5, 5.41) is 0. The molecule has 2 aromatic rings. The fourth-order valence-corrected chi connectivity index (χ4v) is 2.74. The lowest BCUT2D eigenvalue weighted by molar-refractivity contribution is 0.0994. The lowest BCUT2D eigenvalue weighted by Gasteiger charge is -2.34. The van der Waals surface area contributed by atoms with Crippen LogP contribution >= 0.6 is 0 Å². The Morgan fingerprint density at radius 2 is 2.05 bits per heavy atom. The number of benzene rings is 2. The molecule has 1 heterocycles. The second-order valence-electron chi connectivity index (χ2n) is 5.60. The van der Waals surface area contributed by atoms with Gasteiger partial charge in [0.05, 0.1) is 18.8 Å². The van der Waals surface area contributed by atoms with E-state index in [4.69, 9.17) is 10.5 Å². The Kier molecular flexibility index (Phi) is 4.11. The molecule has 1 aliphatic rings. The third kappa shape index (κ3) is 2.97. The van der Waals surface area contributed by atoms with Crippen LogP contribution in [-0.2, 0) is 6.54 Å². The third-order valence-corrected chi connectivity index (χ3v) is 3.84. The maximum atomic E-state index is 12.4. The Bertz CT molecular complexity index is 670. The highest BCUT2D eigenvalue weighted by atomic mass is 16.5. The van der Waals surface area contributed by atoms with E-state index in [1.54, 1.807) is 0 Å². The first-order chi connectivity index (χ1) is 10.7. The summed E-state index contributed by atoms with van der Waals surface area (Å²) >= 11 is 0. The van der Waals surface area contributed by atoms with Crippen molar-refractivity contribution in [3.63, 3.8) is 0 Å². The first kappa shape index (κ1) is 14.6. The molecule has 2 aromatic carbocycles. The van der Waals surface area contributed by atoms with E-state index in [2.05, 4.69) is 4.90 Å². The molecule has 0 bridgehead atoms. The van der Waals surface area contributed by atoms with Gasteiger partial charge >= 0.3 is 0 Å². The number of hydrogen-bond acceptors (Lipinski definition) is 4. The molecule has 1 unspecified atom stereocenters. The average molecular weight is 296 g/mol. The number of Topliss-reactive ketones (excluding diaryl/α,β-unsaturated/α-hetero) is 1. The van der Waals surface area contributed by atoms with Gasteiger partial charge in [0.2, 0.25) is 0 Å². The van der Waals surface area contributed by atoms with Crippen LogP contribution in [0.1, 0.15) is 22.8 Å². The number of ketones is 1. The number of fused-ring (bicyclic) bond motifs is 1. The van der Waals surface area contributed by atoms with Gasteiger partial charge in [-0.2, -0.15) is 0 Å². The molecule has 114 valence electrons. The standard InChI is InChI=1S/C18H20N2O2/c1-13-11-20(12-17(21)15-5-3-2-4-6-15)16-8-7-14(10-19)9-18(16)22-13/h2-9,13H,10-12,19H2,1H3. The molecule has 4 heteroatoms. The van der Waals surface area contributed by atoms with Crippen molar-refractivity contribution in [3.8, 4) is 5.75 Å². The lowest BCUT2D eigenvalue weighted by Crippen LogP contribution is -2.41. The maximum absolute atomic E-state index is 12.4. The molecule has 3 rings (SSSR count). The molecule has 0 saturated carbocycles. The molecule has 0 fully saturated rings. The largest absolute Gasteiger partial charge is 0.487 e. The van der Waals surface area contributed by atoms with E-state index >= 15 is 0 Å². The summed E-state index contributed by atoms with van der Waals surface area (Å²) in [6.45, 7) is 3.55. The maximum Gasteiger partial charge on any atom is 0.182 e. The van der Waals surface area contributed by atoms with Crippen molar-refractivity contribution in [2.45, 2.75) is 19.6 Å². The van der Waals surface area contributed by atoms with Gasteiger partial charge < -0.3 is 15.4 Å². The zero-order chi connectivity index (χ0) is 15.5. The summed E-state index contributed by atoms with van der Waals surface area (Å²) in [6, 6.07) is 15.3. The van der Waals surface area contributed by atoms with Crippen LogP contribution in [0.3, 0.4) is 0 Å². The summed E-state index contributed by atoms with van der Waals surface area (Å²) in [6.07, 6.45) is 0.0455. The first-order valence-electron chi connectivity index (χ1n) is 7.50. The smallest absolute Gasteiger partial charge is 0.182 e. The van der Waals surface area contributed by atoms with Crippen molar-refractivity contribution in [1.82, 2.24) is 0 Å². The summed E-state index contributed by atoms with van der Waals surface area (Å²) in [5.41, 5.74) is 8.41. The molecule has 0 aliphatic carbocycles. The Morgan fingerprint density at radius 3 is 2.77 bits per heavy atom. The van der Waals surface area contributed by atoms with Crippen LogP contribution in [0.25, 0.3) is 0 Å². The summed E-state index contributed by atoms with van der Waals surface area (Å²) < 4.78 is 5.88. The predicted molar refractivity (Wildman–Crippen MR) is 87.4 cm³/mol. The molecular weight excluding hydrogens is 276 g/mol. The fraction of sp³-hybridized carbons (Fsp3) is 0.278. The Morgan fingerprint density at radius 1 is 1.27 bits per heavy atom. The Balaban J connectivity index is 1.85. The van der Waals surface area contributed by atoms with Crippen molar-refractivity contribution in [2.75, 3.05) is 18.0 Å². The highest BCUT2D eigenvalue weighted by Gasteiger charge is 2.25. The number of anilines is 1. The second kappa shape index (κ2) is 6.20. The summed E-state index contributed by atoms with van der Waals surface area (Å²) in [4.78, 5) is 14.5. The van der Waals surface area contributed by atoms with Gasteiger partial charge in [-0.05, 0) is 24.6 Å². The Hall–Kier alpha value is -2.33. The molecule has 0 amide bonds. The number of rotatable bonds is 4. The number of hydrogen-bond donors (Lipinski definition) is 1. The van der Waals surface area contributed by atoms with Gasteiger partial charge in [-0.25, -0.2) is 0 Å². The van der Waals surface area contributed by atoms with Crippen molar-refractivity contribution >= 4 is 11.5 Å². The van der Waals surface area contributed by atoms with Gasteiger partial charge in [0.1, 0.15) is 11.9 Å². The quantitative estimate of drug-likeness (QED) is 0.881. The number of carbonyl (C=O) groups excluding carboxylic acids is 1. The molecule has 0 aromatic heterocycles. The minimum atomic E-state index is 0.0455. The van der Waals surface area contributed by atoms with Gasteiger partial charge in [-0.3, -0.25) is 4.79 Å². The van der Waals surface area contributed by atoms with E-state index in [-0.39, 0.29) is 11.9 Å². The van der Waals surface area contributed by atoms with Crippen molar-refractivity contribution in [3.05, 3.63) is 59.7 Å². The topological polar surface area (TPSA) is 55.6 Å². The summed E-state index contributed by atoms with van der Waals surface area (Å²) in [5.74, 6) is 0.922. The van der Waals surface area contributed by atoms with Crippen LogP contribution < -0.4 is 15.4 Å². The highest BCUT2D eigenvalue weighted by Crippen LogP contribution is 2.34. The van der Waals surface area contributed by atoms with E-state index < -0.39 is 0 Å². The van der Waals surface area contributed by atoms with Crippen LogP contribution in [0.5, 0.6) is 5.75 Å². The molecule has 0 spiro atoms. The van der Waals surface area contributed by atoms with Crippen LogP contribution in [0.2, 0.25) is 0 Å². The van der Waals surface area contributed by atoms with Crippen LogP contribution in [-0.4, -0.2) is 25.0 Å². The minimum absolute atomic E-state index is 0.0455.